The molecule has 0 spiro atoms. The number of nitrogens with one attached hydrogen (secondary N) is 1. The van der Waals surface area contributed by atoms with Crippen molar-refractivity contribution in [3.63, 3.8) is 0 Å². The van der Waals surface area contributed by atoms with Gasteiger partial charge in [-0.3, -0.25) is 0 Å². The minimum absolute atomic E-state index is 0.678. The number of hydrogen-bond acceptors (Lipinski definition) is 3. The third-order valence-electron chi connectivity index (χ3n) is 3.13. The van der Waals surface area contributed by atoms with Crippen molar-refractivity contribution in [2.45, 2.75) is 38.3 Å². The third-order valence-corrected chi connectivity index (χ3v) is 3.72. The van der Waals surface area contributed by atoms with Gasteiger partial charge in [-0.15, -0.1) is 0 Å². The first kappa shape index (κ1) is 17.8. The fourth-order valence-corrected chi connectivity index (χ4v) is 2.52. The molecule has 116 valence electrons. The van der Waals surface area contributed by atoms with Crippen molar-refractivity contribution in [3.05, 3.63) is 33.8 Å². The highest BCUT2D eigenvalue weighted by Gasteiger charge is 2.14. The van der Waals surface area contributed by atoms with Crippen molar-refractivity contribution < 1.29 is 19.8 Å². The maximum Gasteiger partial charge on any atom is 0.414 e. The molecule has 0 saturated heterocycles. The zero-order valence-electron chi connectivity index (χ0n) is 11.3. The first-order valence-electron chi connectivity index (χ1n) is 6.53. The van der Waals surface area contributed by atoms with E-state index < -0.39 is 11.9 Å². The van der Waals surface area contributed by atoms with Gasteiger partial charge in [0.25, 0.3) is 0 Å². The van der Waals surface area contributed by atoms with Crippen LogP contribution >= 0.6 is 23.2 Å². The molecule has 1 aliphatic rings. The first-order valence-corrected chi connectivity index (χ1v) is 7.29. The summed E-state index contributed by atoms with van der Waals surface area (Å²) in [6.07, 6.45) is 5.30. The number of hydrogen-bond donors (Lipinski definition) is 3. The van der Waals surface area contributed by atoms with Gasteiger partial charge < -0.3 is 15.5 Å². The molecular formula is C14H17Cl2NO4. The van der Waals surface area contributed by atoms with Crippen LogP contribution < -0.4 is 5.32 Å². The van der Waals surface area contributed by atoms with Gasteiger partial charge in [-0.1, -0.05) is 42.1 Å². The molecule has 1 aromatic carbocycles. The molecule has 1 saturated carbocycles. The summed E-state index contributed by atoms with van der Waals surface area (Å²) < 4.78 is 0. The topological polar surface area (TPSA) is 86.6 Å². The maximum atomic E-state index is 9.10. The number of aliphatic carboxylic acids is 2. The van der Waals surface area contributed by atoms with Crippen LogP contribution in [-0.2, 0) is 16.1 Å². The van der Waals surface area contributed by atoms with Crippen LogP contribution in [0.3, 0.4) is 0 Å². The minimum Gasteiger partial charge on any atom is -0.473 e. The van der Waals surface area contributed by atoms with Gasteiger partial charge in [0.05, 0.1) is 0 Å². The summed E-state index contributed by atoms with van der Waals surface area (Å²) >= 11 is 11.9. The van der Waals surface area contributed by atoms with Crippen LogP contribution in [0, 0.1) is 0 Å². The number of halogens is 2. The highest BCUT2D eigenvalue weighted by Crippen LogP contribution is 2.22. The zero-order chi connectivity index (χ0) is 15.8. The monoisotopic (exact) mass is 333 g/mol. The molecule has 1 fully saturated rings. The minimum atomic E-state index is -1.82. The average Bonchev–Trinajstić information content (AvgIpc) is 2.91. The second-order valence-electron chi connectivity index (χ2n) is 4.71. The van der Waals surface area contributed by atoms with Crippen LogP contribution in [0.25, 0.3) is 0 Å². The molecule has 0 radical (unpaired) electrons. The van der Waals surface area contributed by atoms with E-state index >= 15 is 0 Å². The quantitative estimate of drug-likeness (QED) is 0.739. The normalized spacial score (nSPS) is 14.4. The standard InChI is InChI=1S/C12H15Cl2N.C2H2O4/c13-10-6-5-9(12(14)7-10)8-15-11-3-1-2-4-11;3-1(4)2(5)6/h5-7,11,15H,1-4,8H2;(H,3,4)(H,5,6). The van der Waals surface area contributed by atoms with Crippen LogP contribution in [0.4, 0.5) is 0 Å². The van der Waals surface area contributed by atoms with Gasteiger partial charge in [-0.25, -0.2) is 9.59 Å². The Hall–Kier alpha value is -1.30. The molecule has 7 heteroatoms. The predicted molar refractivity (Wildman–Crippen MR) is 80.8 cm³/mol. The molecule has 0 aromatic heterocycles. The van der Waals surface area contributed by atoms with Crippen molar-refractivity contribution >= 4 is 35.1 Å². The van der Waals surface area contributed by atoms with Crippen LogP contribution in [0.2, 0.25) is 10.0 Å². The molecular weight excluding hydrogens is 317 g/mol. The summed E-state index contributed by atoms with van der Waals surface area (Å²) in [5.41, 5.74) is 1.13. The Balaban J connectivity index is 0.000000315. The molecule has 2 rings (SSSR count). The lowest BCUT2D eigenvalue weighted by atomic mass is 10.2. The smallest absolute Gasteiger partial charge is 0.414 e. The molecule has 0 atom stereocenters. The highest BCUT2D eigenvalue weighted by atomic mass is 35.5. The summed E-state index contributed by atoms with van der Waals surface area (Å²) in [4.78, 5) is 18.2. The van der Waals surface area contributed by atoms with Gasteiger partial charge in [-0.2, -0.15) is 0 Å². The van der Waals surface area contributed by atoms with Crippen LogP contribution in [0.15, 0.2) is 18.2 Å². The number of rotatable bonds is 3. The molecule has 0 bridgehead atoms. The number of carboxylic acid groups (broad SMARTS) is 2. The SMILES string of the molecule is Clc1ccc(CNC2CCCC2)c(Cl)c1.O=C(O)C(=O)O. The van der Waals surface area contributed by atoms with Crippen molar-refractivity contribution in [2.24, 2.45) is 0 Å². The largest absolute Gasteiger partial charge is 0.473 e. The van der Waals surface area contributed by atoms with Crippen molar-refractivity contribution in [1.82, 2.24) is 5.32 Å². The van der Waals surface area contributed by atoms with Crippen LogP contribution in [-0.4, -0.2) is 28.2 Å². The summed E-state index contributed by atoms with van der Waals surface area (Å²) in [6, 6.07) is 6.36. The molecule has 0 amide bonds. The van der Waals surface area contributed by atoms with E-state index in [4.69, 9.17) is 43.0 Å². The number of benzene rings is 1. The molecule has 1 aliphatic carbocycles. The second-order valence-corrected chi connectivity index (χ2v) is 5.55. The lowest BCUT2D eigenvalue weighted by Crippen LogP contribution is -2.25. The molecule has 0 heterocycles. The molecule has 5 nitrogen and oxygen atoms in total. The van der Waals surface area contributed by atoms with E-state index in [9.17, 15) is 0 Å². The van der Waals surface area contributed by atoms with E-state index in [0.29, 0.717) is 11.1 Å². The van der Waals surface area contributed by atoms with E-state index in [1.807, 2.05) is 12.1 Å². The lowest BCUT2D eigenvalue weighted by Gasteiger charge is -2.12. The van der Waals surface area contributed by atoms with Crippen LogP contribution in [0.5, 0.6) is 0 Å². The van der Waals surface area contributed by atoms with Gasteiger partial charge in [0.1, 0.15) is 0 Å². The Morgan fingerprint density at radius 3 is 2.19 bits per heavy atom. The van der Waals surface area contributed by atoms with Gasteiger partial charge in [0.2, 0.25) is 0 Å². The van der Waals surface area contributed by atoms with Gasteiger partial charge in [0.15, 0.2) is 0 Å². The zero-order valence-corrected chi connectivity index (χ0v) is 12.8. The fourth-order valence-electron chi connectivity index (χ4n) is 2.05. The number of carbonyl (C=O) groups is 2. The van der Waals surface area contributed by atoms with Crippen molar-refractivity contribution in [3.8, 4) is 0 Å². The average molecular weight is 334 g/mol. The molecule has 21 heavy (non-hydrogen) atoms. The van der Waals surface area contributed by atoms with Gasteiger partial charge in [0, 0.05) is 22.6 Å². The van der Waals surface area contributed by atoms with Gasteiger partial charge >= 0.3 is 11.9 Å². The van der Waals surface area contributed by atoms with Crippen molar-refractivity contribution in [2.75, 3.05) is 0 Å². The fraction of sp³-hybridized carbons (Fsp3) is 0.429. The van der Waals surface area contributed by atoms with E-state index in [1.54, 1.807) is 6.07 Å². The van der Waals surface area contributed by atoms with Gasteiger partial charge in [-0.05, 0) is 30.5 Å². The Morgan fingerprint density at radius 2 is 1.71 bits per heavy atom. The van der Waals surface area contributed by atoms with E-state index in [-0.39, 0.29) is 0 Å². The van der Waals surface area contributed by atoms with E-state index in [2.05, 4.69) is 5.32 Å². The summed E-state index contributed by atoms with van der Waals surface area (Å²) in [5, 5.41) is 19.8. The van der Waals surface area contributed by atoms with Crippen LogP contribution in [0.1, 0.15) is 31.2 Å². The summed E-state index contributed by atoms with van der Waals surface area (Å²) in [7, 11) is 0. The third kappa shape index (κ3) is 6.80. The Labute approximate surface area is 132 Å². The second kappa shape index (κ2) is 8.87. The van der Waals surface area contributed by atoms with E-state index in [1.165, 1.54) is 25.7 Å². The number of carboxylic acids is 2. The van der Waals surface area contributed by atoms with E-state index in [0.717, 1.165) is 17.1 Å². The molecule has 0 aliphatic heterocycles. The molecule has 1 aromatic rings. The predicted octanol–water partition coefficient (Wildman–Crippen LogP) is 3.18. The summed E-state index contributed by atoms with van der Waals surface area (Å²) in [6.45, 7) is 0.848. The Bertz CT molecular complexity index is 490. The summed E-state index contributed by atoms with van der Waals surface area (Å²) in [5.74, 6) is -3.65. The highest BCUT2D eigenvalue weighted by molar-refractivity contribution is 6.35. The maximum absolute atomic E-state index is 9.10. The van der Waals surface area contributed by atoms with Crippen molar-refractivity contribution in [1.29, 1.82) is 0 Å². The lowest BCUT2D eigenvalue weighted by molar-refractivity contribution is -0.159. The first-order chi connectivity index (χ1) is 9.90. The molecule has 0 unspecified atom stereocenters. The Kier molecular flexibility index (Phi) is 7.50. The molecule has 3 N–H and O–H groups in total. The Morgan fingerprint density at radius 1 is 1.14 bits per heavy atom.